The third-order valence-electron chi connectivity index (χ3n) is 3.13. The number of fused-ring (bicyclic) bond motifs is 1. The van der Waals surface area contributed by atoms with Gasteiger partial charge in [-0.05, 0) is 19.1 Å². The molecular formula is C14H18N2O3. The van der Waals surface area contributed by atoms with Gasteiger partial charge in [0.1, 0.15) is 11.3 Å². The number of hydrogen-bond acceptors (Lipinski definition) is 4. The second-order valence-electron chi connectivity index (χ2n) is 5.20. The van der Waals surface area contributed by atoms with E-state index in [1.54, 1.807) is 36.7 Å². The predicted octanol–water partition coefficient (Wildman–Crippen LogP) is 1.37. The highest BCUT2D eigenvalue weighted by molar-refractivity contribution is 6.04. The van der Waals surface area contributed by atoms with E-state index < -0.39 is 12.2 Å². The molecule has 5 nitrogen and oxygen atoms in total. The molecule has 0 bridgehead atoms. The Hall–Kier alpha value is -1.72. The summed E-state index contributed by atoms with van der Waals surface area (Å²) < 4.78 is 1.55. The number of nitrogens with zero attached hydrogens (tertiary/aromatic N) is 2. The number of aliphatic hydroxyl groups excluding tert-OH is 1. The fourth-order valence-electron chi connectivity index (χ4n) is 1.98. The van der Waals surface area contributed by atoms with Crippen LogP contribution in [0.25, 0.3) is 5.52 Å². The highest BCUT2D eigenvalue weighted by atomic mass is 16.3. The number of aromatic nitrogens is 2. The van der Waals surface area contributed by atoms with Crippen molar-refractivity contribution in [2.24, 2.45) is 5.92 Å². The third-order valence-corrected chi connectivity index (χ3v) is 3.13. The normalized spacial score (nSPS) is 14.8. The lowest BCUT2D eigenvalue weighted by Crippen LogP contribution is -2.29. The van der Waals surface area contributed by atoms with E-state index in [2.05, 4.69) is 5.10 Å². The van der Waals surface area contributed by atoms with E-state index in [9.17, 15) is 15.0 Å². The highest BCUT2D eigenvalue weighted by Crippen LogP contribution is 2.28. The number of hydrogen-bond donors (Lipinski definition) is 2. The van der Waals surface area contributed by atoms with Crippen LogP contribution in [0.15, 0.2) is 24.4 Å². The lowest BCUT2D eigenvalue weighted by molar-refractivity contribution is -0.00666. The first-order chi connectivity index (χ1) is 8.88. The number of carbonyl (C=O) groups is 1. The summed E-state index contributed by atoms with van der Waals surface area (Å²) in [5.41, 5.74) is -0.286. The standard InChI is InChI=1S/C14H18N2O3/c1-9(2)12(18)11-10-6-4-5-7-16(10)15-13(11)14(3,19)8-17/h4-7,9,17,19H,8H2,1-3H3. The molecule has 0 aliphatic rings. The van der Waals surface area contributed by atoms with Crippen molar-refractivity contribution in [1.29, 1.82) is 0 Å². The van der Waals surface area contributed by atoms with Gasteiger partial charge >= 0.3 is 0 Å². The number of carbonyl (C=O) groups excluding carboxylic acids is 1. The van der Waals surface area contributed by atoms with Crippen molar-refractivity contribution in [3.8, 4) is 0 Å². The zero-order valence-electron chi connectivity index (χ0n) is 11.3. The van der Waals surface area contributed by atoms with Gasteiger partial charge in [-0.1, -0.05) is 19.9 Å². The van der Waals surface area contributed by atoms with Crippen molar-refractivity contribution in [1.82, 2.24) is 9.61 Å². The minimum absolute atomic E-state index is 0.0927. The SMILES string of the molecule is CC(C)C(=O)c1c(C(C)(O)CO)nn2ccccc12. The number of aliphatic hydroxyl groups is 2. The van der Waals surface area contributed by atoms with Crippen LogP contribution in [0.5, 0.6) is 0 Å². The molecule has 2 N–H and O–H groups in total. The second kappa shape index (κ2) is 4.75. The van der Waals surface area contributed by atoms with Gasteiger partial charge in [-0.2, -0.15) is 5.10 Å². The van der Waals surface area contributed by atoms with Crippen LogP contribution in [0.1, 0.15) is 36.8 Å². The first kappa shape index (κ1) is 13.7. The molecule has 0 fully saturated rings. The van der Waals surface area contributed by atoms with Gasteiger partial charge in [-0.15, -0.1) is 0 Å². The lowest BCUT2D eigenvalue weighted by atomic mass is 9.92. The first-order valence-corrected chi connectivity index (χ1v) is 6.23. The Balaban J connectivity index is 2.76. The summed E-state index contributed by atoms with van der Waals surface area (Å²) in [5.74, 6) is -0.300. The maximum absolute atomic E-state index is 12.4. The minimum atomic E-state index is -1.54. The Labute approximate surface area is 111 Å². The molecule has 5 heteroatoms. The first-order valence-electron chi connectivity index (χ1n) is 6.23. The van der Waals surface area contributed by atoms with Gasteiger partial charge in [-0.3, -0.25) is 4.79 Å². The molecule has 0 amide bonds. The average Bonchev–Trinajstić information content (AvgIpc) is 2.77. The van der Waals surface area contributed by atoms with Crippen molar-refractivity contribution >= 4 is 11.3 Å². The molecule has 0 saturated heterocycles. The fourth-order valence-corrected chi connectivity index (χ4v) is 1.98. The summed E-state index contributed by atoms with van der Waals surface area (Å²) >= 11 is 0. The number of Topliss-reactive ketones (excluding diaryl/α,β-unsaturated/α-hetero) is 1. The van der Waals surface area contributed by atoms with Crippen LogP contribution in [0.3, 0.4) is 0 Å². The molecule has 2 rings (SSSR count). The maximum atomic E-state index is 12.4. The van der Waals surface area contributed by atoms with E-state index in [4.69, 9.17) is 0 Å². The van der Waals surface area contributed by atoms with Crippen molar-refractivity contribution in [3.05, 3.63) is 35.7 Å². The van der Waals surface area contributed by atoms with Gasteiger partial charge in [0, 0.05) is 12.1 Å². The molecule has 1 unspecified atom stereocenters. The zero-order valence-corrected chi connectivity index (χ0v) is 11.3. The van der Waals surface area contributed by atoms with Gasteiger partial charge in [0.2, 0.25) is 0 Å². The van der Waals surface area contributed by atoms with E-state index in [1.165, 1.54) is 6.92 Å². The van der Waals surface area contributed by atoms with E-state index in [1.807, 2.05) is 6.07 Å². The molecule has 2 aromatic heterocycles. The third kappa shape index (κ3) is 2.27. The molecule has 102 valence electrons. The summed E-state index contributed by atoms with van der Waals surface area (Å²) in [6.07, 6.45) is 1.71. The molecule has 2 aromatic rings. The van der Waals surface area contributed by atoms with E-state index in [-0.39, 0.29) is 17.4 Å². The van der Waals surface area contributed by atoms with Crippen LogP contribution in [-0.4, -0.2) is 32.2 Å². The maximum Gasteiger partial charge on any atom is 0.169 e. The monoisotopic (exact) mass is 262 g/mol. The Morgan fingerprint density at radius 1 is 1.47 bits per heavy atom. The van der Waals surface area contributed by atoms with Crippen molar-refractivity contribution in [3.63, 3.8) is 0 Å². The van der Waals surface area contributed by atoms with Gasteiger partial charge in [0.05, 0.1) is 17.7 Å². The van der Waals surface area contributed by atoms with Gasteiger partial charge in [-0.25, -0.2) is 4.52 Å². The Kier molecular flexibility index (Phi) is 3.43. The summed E-state index contributed by atoms with van der Waals surface area (Å²) in [4.78, 5) is 12.4. The molecule has 19 heavy (non-hydrogen) atoms. The summed E-state index contributed by atoms with van der Waals surface area (Å²) in [6.45, 7) is 4.56. The molecule has 0 aliphatic carbocycles. The molecule has 0 aliphatic heterocycles. The molecular weight excluding hydrogens is 244 g/mol. The van der Waals surface area contributed by atoms with E-state index >= 15 is 0 Å². The van der Waals surface area contributed by atoms with Crippen LogP contribution >= 0.6 is 0 Å². The lowest BCUT2D eigenvalue weighted by Gasteiger charge is -2.19. The van der Waals surface area contributed by atoms with Gasteiger partial charge < -0.3 is 10.2 Å². The van der Waals surface area contributed by atoms with Crippen LogP contribution in [0.4, 0.5) is 0 Å². The molecule has 0 radical (unpaired) electrons. The molecule has 2 heterocycles. The number of ketones is 1. The van der Waals surface area contributed by atoms with Crippen LogP contribution in [0, 0.1) is 5.92 Å². The van der Waals surface area contributed by atoms with Crippen LogP contribution in [-0.2, 0) is 5.60 Å². The van der Waals surface area contributed by atoms with E-state index in [0.717, 1.165) is 0 Å². The summed E-state index contributed by atoms with van der Waals surface area (Å²) in [6, 6.07) is 5.38. The minimum Gasteiger partial charge on any atom is -0.393 e. The van der Waals surface area contributed by atoms with Crippen molar-refractivity contribution < 1.29 is 15.0 Å². The second-order valence-corrected chi connectivity index (χ2v) is 5.20. The quantitative estimate of drug-likeness (QED) is 0.816. The fraction of sp³-hybridized carbons (Fsp3) is 0.429. The molecule has 0 saturated carbocycles. The average molecular weight is 262 g/mol. The van der Waals surface area contributed by atoms with Gasteiger partial charge in [0.15, 0.2) is 5.78 Å². The number of rotatable bonds is 4. The zero-order chi connectivity index (χ0) is 14.2. The van der Waals surface area contributed by atoms with Crippen molar-refractivity contribution in [2.75, 3.05) is 6.61 Å². The van der Waals surface area contributed by atoms with Crippen molar-refractivity contribution in [2.45, 2.75) is 26.4 Å². The Morgan fingerprint density at radius 3 is 2.74 bits per heavy atom. The summed E-state index contributed by atoms with van der Waals surface area (Å²) in [5, 5.41) is 23.8. The predicted molar refractivity (Wildman–Crippen MR) is 71.0 cm³/mol. The molecule has 0 aromatic carbocycles. The number of pyridine rings is 1. The van der Waals surface area contributed by atoms with Crippen LogP contribution in [0.2, 0.25) is 0 Å². The Bertz CT molecular complexity index is 614. The van der Waals surface area contributed by atoms with Crippen LogP contribution < -0.4 is 0 Å². The Morgan fingerprint density at radius 2 is 2.16 bits per heavy atom. The summed E-state index contributed by atoms with van der Waals surface area (Å²) in [7, 11) is 0. The molecule has 0 spiro atoms. The van der Waals surface area contributed by atoms with Gasteiger partial charge in [0.25, 0.3) is 0 Å². The molecule has 1 atom stereocenters. The smallest absolute Gasteiger partial charge is 0.169 e. The topological polar surface area (TPSA) is 74.8 Å². The largest absolute Gasteiger partial charge is 0.393 e. The highest BCUT2D eigenvalue weighted by Gasteiger charge is 2.33. The van der Waals surface area contributed by atoms with E-state index in [0.29, 0.717) is 11.1 Å².